The summed E-state index contributed by atoms with van der Waals surface area (Å²) in [5, 5.41) is 5.72. The average molecular weight is 382 g/mol. The summed E-state index contributed by atoms with van der Waals surface area (Å²) in [6, 6.07) is 12.4. The lowest BCUT2D eigenvalue weighted by Gasteiger charge is -2.09. The Balaban J connectivity index is 1.94. The lowest BCUT2D eigenvalue weighted by atomic mass is 10.2. The van der Waals surface area contributed by atoms with Gasteiger partial charge >= 0.3 is 0 Å². The molecule has 0 aliphatic carbocycles. The van der Waals surface area contributed by atoms with Crippen LogP contribution in [0.3, 0.4) is 0 Å². The number of hydrogen-bond acceptors (Lipinski definition) is 2. The van der Waals surface area contributed by atoms with Gasteiger partial charge in [-0.15, -0.1) is 0 Å². The van der Waals surface area contributed by atoms with Crippen LogP contribution in [0, 0.1) is 6.92 Å². The number of hydrogen-bond donors (Lipinski definition) is 2. The number of benzene rings is 2. The standard InChI is InChI=1S/C16H14BrClN2O2/c1-10-6-7-13(11(17)8-10)19-15(21)9-16(22)20-14-5-3-2-4-12(14)18/h2-8H,9H2,1H3,(H,19,21)(H,20,22). The molecule has 0 unspecified atom stereocenters. The molecule has 0 aliphatic heterocycles. The van der Waals surface area contributed by atoms with Crippen molar-refractivity contribution in [2.45, 2.75) is 13.3 Å². The second-order valence-corrected chi connectivity index (χ2v) is 6.00. The van der Waals surface area contributed by atoms with Gasteiger partial charge in [-0.2, -0.15) is 0 Å². The third-order valence-electron chi connectivity index (χ3n) is 2.87. The van der Waals surface area contributed by atoms with E-state index in [1.165, 1.54) is 0 Å². The monoisotopic (exact) mass is 380 g/mol. The molecule has 4 nitrogen and oxygen atoms in total. The predicted molar refractivity (Wildman–Crippen MR) is 92.2 cm³/mol. The Hall–Kier alpha value is -1.85. The number of anilines is 2. The quantitative estimate of drug-likeness (QED) is 0.772. The molecule has 22 heavy (non-hydrogen) atoms. The molecule has 0 aromatic heterocycles. The van der Waals surface area contributed by atoms with Crippen LogP contribution in [0.4, 0.5) is 11.4 Å². The number of aryl methyl sites for hydroxylation is 1. The summed E-state index contributed by atoms with van der Waals surface area (Å²) in [5.74, 6) is -0.817. The van der Waals surface area contributed by atoms with E-state index in [9.17, 15) is 9.59 Å². The molecule has 0 heterocycles. The zero-order chi connectivity index (χ0) is 16.1. The van der Waals surface area contributed by atoms with E-state index in [4.69, 9.17) is 11.6 Å². The summed E-state index contributed by atoms with van der Waals surface area (Å²) in [4.78, 5) is 23.8. The Kier molecular flexibility index (Phi) is 5.57. The first-order valence-corrected chi connectivity index (χ1v) is 7.73. The molecule has 0 bridgehead atoms. The maximum Gasteiger partial charge on any atom is 0.233 e. The van der Waals surface area contributed by atoms with E-state index >= 15 is 0 Å². The summed E-state index contributed by atoms with van der Waals surface area (Å²) in [5.41, 5.74) is 2.18. The molecule has 0 saturated carbocycles. The largest absolute Gasteiger partial charge is 0.325 e. The molecule has 2 N–H and O–H groups in total. The van der Waals surface area contributed by atoms with Gasteiger partial charge in [-0.1, -0.05) is 29.8 Å². The van der Waals surface area contributed by atoms with Crippen LogP contribution in [0.15, 0.2) is 46.9 Å². The highest BCUT2D eigenvalue weighted by molar-refractivity contribution is 9.10. The second kappa shape index (κ2) is 7.42. The van der Waals surface area contributed by atoms with Crippen LogP contribution in [0.5, 0.6) is 0 Å². The Morgan fingerprint density at radius 1 is 1.05 bits per heavy atom. The van der Waals surface area contributed by atoms with Gasteiger partial charge in [0, 0.05) is 4.47 Å². The molecule has 2 amide bonds. The average Bonchev–Trinajstić information content (AvgIpc) is 2.44. The second-order valence-electron chi connectivity index (χ2n) is 4.74. The van der Waals surface area contributed by atoms with Crippen molar-refractivity contribution in [1.82, 2.24) is 0 Å². The highest BCUT2D eigenvalue weighted by Gasteiger charge is 2.12. The lowest BCUT2D eigenvalue weighted by Crippen LogP contribution is -2.21. The van der Waals surface area contributed by atoms with Crippen LogP contribution in [-0.2, 0) is 9.59 Å². The number of rotatable bonds is 4. The van der Waals surface area contributed by atoms with Crippen molar-refractivity contribution >= 4 is 50.7 Å². The highest BCUT2D eigenvalue weighted by atomic mass is 79.9. The molecule has 0 aliphatic rings. The number of amides is 2. The van der Waals surface area contributed by atoms with Gasteiger partial charge in [0.2, 0.25) is 11.8 Å². The molecule has 2 rings (SSSR count). The van der Waals surface area contributed by atoms with Crippen molar-refractivity contribution in [3.8, 4) is 0 Å². The van der Waals surface area contributed by atoms with Crippen molar-refractivity contribution in [1.29, 1.82) is 0 Å². The Morgan fingerprint density at radius 3 is 2.32 bits per heavy atom. The topological polar surface area (TPSA) is 58.2 Å². The van der Waals surface area contributed by atoms with E-state index in [0.717, 1.165) is 10.0 Å². The first kappa shape index (κ1) is 16.5. The highest BCUT2D eigenvalue weighted by Crippen LogP contribution is 2.24. The van der Waals surface area contributed by atoms with Crippen LogP contribution >= 0.6 is 27.5 Å². The summed E-state index contributed by atoms with van der Waals surface area (Å²) in [6.45, 7) is 1.95. The van der Waals surface area contributed by atoms with Crippen molar-refractivity contribution in [2.24, 2.45) is 0 Å². The first-order chi connectivity index (χ1) is 10.5. The van der Waals surface area contributed by atoms with Crippen LogP contribution in [-0.4, -0.2) is 11.8 Å². The zero-order valence-corrected chi connectivity index (χ0v) is 14.2. The van der Waals surface area contributed by atoms with Gasteiger partial charge in [-0.05, 0) is 52.7 Å². The van der Waals surface area contributed by atoms with Gasteiger partial charge < -0.3 is 10.6 Å². The van der Waals surface area contributed by atoms with Gasteiger partial charge in [0.1, 0.15) is 6.42 Å². The van der Waals surface area contributed by atoms with Gasteiger partial charge in [-0.3, -0.25) is 9.59 Å². The van der Waals surface area contributed by atoms with Gasteiger partial charge in [0.25, 0.3) is 0 Å². The van der Waals surface area contributed by atoms with Crippen molar-refractivity contribution < 1.29 is 9.59 Å². The number of nitrogens with one attached hydrogen (secondary N) is 2. The summed E-state index contributed by atoms with van der Waals surface area (Å²) in [6.07, 6.45) is -0.286. The molecule has 2 aromatic rings. The van der Waals surface area contributed by atoms with Gasteiger partial charge in [0.15, 0.2) is 0 Å². The SMILES string of the molecule is Cc1ccc(NC(=O)CC(=O)Nc2ccccc2Cl)c(Br)c1. The third kappa shape index (κ3) is 4.58. The third-order valence-corrected chi connectivity index (χ3v) is 3.85. The molecule has 0 radical (unpaired) electrons. The van der Waals surface area contributed by atoms with Crippen molar-refractivity contribution in [3.63, 3.8) is 0 Å². The molecule has 6 heteroatoms. The van der Waals surface area contributed by atoms with E-state index in [-0.39, 0.29) is 6.42 Å². The van der Waals surface area contributed by atoms with Gasteiger partial charge in [-0.25, -0.2) is 0 Å². The van der Waals surface area contributed by atoms with Crippen LogP contribution in [0.25, 0.3) is 0 Å². The lowest BCUT2D eigenvalue weighted by molar-refractivity contribution is -0.123. The normalized spacial score (nSPS) is 10.1. The fourth-order valence-corrected chi connectivity index (χ4v) is 2.59. The van der Waals surface area contributed by atoms with E-state index < -0.39 is 11.8 Å². The van der Waals surface area contributed by atoms with Crippen LogP contribution < -0.4 is 10.6 Å². The maximum absolute atomic E-state index is 11.9. The van der Waals surface area contributed by atoms with Crippen LogP contribution in [0.2, 0.25) is 5.02 Å². The zero-order valence-electron chi connectivity index (χ0n) is 11.8. The summed E-state index contributed by atoms with van der Waals surface area (Å²) >= 11 is 9.32. The molecule has 2 aromatic carbocycles. The Labute approximate surface area is 142 Å². The van der Waals surface area contributed by atoms with E-state index in [0.29, 0.717) is 16.4 Å². The number of para-hydroxylation sites is 1. The maximum atomic E-state index is 11.9. The van der Waals surface area contributed by atoms with Crippen molar-refractivity contribution in [3.05, 3.63) is 57.5 Å². The fourth-order valence-electron chi connectivity index (χ4n) is 1.82. The minimum absolute atomic E-state index is 0.286. The van der Waals surface area contributed by atoms with Crippen LogP contribution in [0.1, 0.15) is 12.0 Å². The van der Waals surface area contributed by atoms with Crippen molar-refractivity contribution in [2.75, 3.05) is 10.6 Å². The Morgan fingerprint density at radius 2 is 1.68 bits per heavy atom. The minimum atomic E-state index is -0.422. The minimum Gasteiger partial charge on any atom is -0.325 e. The molecule has 0 atom stereocenters. The molecule has 0 fully saturated rings. The molecule has 0 spiro atoms. The van der Waals surface area contributed by atoms with Gasteiger partial charge in [0.05, 0.1) is 16.4 Å². The van der Waals surface area contributed by atoms with E-state index in [1.807, 2.05) is 19.1 Å². The smallest absolute Gasteiger partial charge is 0.233 e. The van der Waals surface area contributed by atoms with E-state index in [2.05, 4.69) is 26.6 Å². The molecular formula is C16H14BrClN2O2. The Bertz CT molecular complexity index is 719. The van der Waals surface area contributed by atoms with E-state index in [1.54, 1.807) is 30.3 Å². The first-order valence-electron chi connectivity index (χ1n) is 6.56. The number of halogens is 2. The predicted octanol–water partition coefficient (Wildman–Crippen LogP) is 4.38. The molecule has 114 valence electrons. The number of carbonyl (C=O) groups is 2. The fraction of sp³-hybridized carbons (Fsp3) is 0.125. The molecular weight excluding hydrogens is 368 g/mol. The summed E-state index contributed by atoms with van der Waals surface area (Å²) < 4.78 is 0.771. The summed E-state index contributed by atoms with van der Waals surface area (Å²) in [7, 11) is 0. The molecule has 0 saturated heterocycles. The number of carbonyl (C=O) groups excluding carboxylic acids is 2.